The van der Waals surface area contributed by atoms with Crippen LogP contribution in [0, 0.1) is 5.82 Å². The molecule has 1 aromatic heterocycles. The standard InChI is InChI=1S/C19H20FN3O3S/c20-15-5-7-16(8-6-15)27(24,25)23-18-4-2-1-3-17(18)21-19(23)9-10-22-11-13-26-14-12-22/h1-8H,9-14H2. The van der Waals surface area contributed by atoms with Crippen LogP contribution >= 0.6 is 0 Å². The molecule has 27 heavy (non-hydrogen) atoms. The molecule has 0 radical (unpaired) electrons. The third-order valence-electron chi connectivity index (χ3n) is 4.69. The Morgan fingerprint density at radius 3 is 2.48 bits per heavy atom. The average molecular weight is 389 g/mol. The number of hydrogen-bond donors (Lipinski definition) is 0. The van der Waals surface area contributed by atoms with Crippen LogP contribution in [0.5, 0.6) is 0 Å². The highest BCUT2D eigenvalue weighted by atomic mass is 32.2. The van der Waals surface area contributed by atoms with E-state index in [1.165, 1.54) is 16.1 Å². The Morgan fingerprint density at radius 2 is 1.74 bits per heavy atom. The molecule has 0 aliphatic carbocycles. The van der Waals surface area contributed by atoms with E-state index in [1.54, 1.807) is 18.2 Å². The van der Waals surface area contributed by atoms with Gasteiger partial charge in [0.15, 0.2) is 0 Å². The Bertz CT molecular complexity index is 1040. The van der Waals surface area contributed by atoms with E-state index in [9.17, 15) is 12.8 Å². The van der Waals surface area contributed by atoms with Gasteiger partial charge < -0.3 is 4.74 Å². The highest BCUT2D eigenvalue weighted by Gasteiger charge is 2.24. The van der Waals surface area contributed by atoms with Crippen LogP contribution in [0.4, 0.5) is 4.39 Å². The highest BCUT2D eigenvalue weighted by Crippen LogP contribution is 2.24. The van der Waals surface area contributed by atoms with Gasteiger partial charge in [-0.05, 0) is 36.4 Å². The molecule has 0 bridgehead atoms. The lowest BCUT2D eigenvalue weighted by atomic mass is 10.3. The number of fused-ring (bicyclic) bond motifs is 1. The number of hydrogen-bond acceptors (Lipinski definition) is 5. The van der Waals surface area contributed by atoms with Crippen LogP contribution in [0.2, 0.25) is 0 Å². The first-order valence-corrected chi connectivity index (χ1v) is 10.3. The number of rotatable bonds is 5. The zero-order valence-corrected chi connectivity index (χ0v) is 15.5. The van der Waals surface area contributed by atoms with E-state index in [1.807, 2.05) is 6.07 Å². The number of para-hydroxylation sites is 2. The minimum atomic E-state index is -3.88. The summed E-state index contributed by atoms with van der Waals surface area (Å²) in [6.07, 6.45) is 0.495. The van der Waals surface area contributed by atoms with Crippen LogP contribution in [-0.2, 0) is 21.2 Å². The van der Waals surface area contributed by atoms with E-state index in [4.69, 9.17) is 4.74 Å². The monoisotopic (exact) mass is 389 g/mol. The van der Waals surface area contributed by atoms with Gasteiger partial charge >= 0.3 is 0 Å². The molecule has 6 nitrogen and oxygen atoms in total. The molecule has 4 rings (SSSR count). The summed E-state index contributed by atoms with van der Waals surface area (Å²) in [5.74, 6) is 0.00370. The summed E-state index contributed by atoms with van der Waals surface area (Å²) in [4.78, 5) is 6.83. The number of ether oxygens (including phenoxy) is 1. The predicted molar refractivity (Wildman–Crippen MR) is 99.7 cm³/mol. The summed E-state index contributed by atoms with van der Waals surface area (Å²) >= 11 is 0. The van der Waals surface area contributed by atoms with Crippen LogP contribution in [0.3, 0.4) is 0 Å². The van der Waals surface area contributed by atoms with Crippen molar-refractivity contribution in [1.82, 2.24) is 13.9 Å². The molecule has 1 aliphatic rings. The van der Waals surface area contributed by atoms with E-state index >= 15 is 0 Å². The molecule has 2 heterocycles. The maximum absolute atomic E-state index is 13.3. The highest BCUT2D eigenvalue weighted by molar-refractivity contribution is 7.90. The number of halogens is 1. The predicted octanol–water partition coefficient (Wildman–Crippen LogP) is 2.29. The maximum Gasteiger partial charge on any atom is 0.269 e. The fourth-order valence-corrected chi connectivity index (χ4v) is 4.79. The fourth-order valence-electron chi connectivity index (χ4n) is 3.27. The molecule has 0 unspecified atom stereocenters. The van der Waals surface area contributed by atoms with Crippen LogP contribution in [0.25, 0.3) is 11.0 Å². The Kier molecular flexibility index (Phi) is 4.94. The second-order valence-corrected chi connectivity index (χ2v) is 8.23. The van der Waals surface area contributed by atoms with Crippen molar-refractivity contribution in [2.45, 2.75) is 11.3 Å². The van der Waals surface area contributed by atoms with Crippen molar-refractivity contribution >= 4 is 21.1 Å². The number of morpholine rings is 1. The van der Waals surface area contributed by atoms with Crippen molar-refractivity contribution < 1.29 is 17.5 Å². The van der Waals surface area contributed by atoms with Crippen LogP contribution in [0.1, 0.15) is 5.82 Å². The second-order valence-electron chi connectivity index (χ2n) is 6.44. The number of imidazole rings is 1. The lowest BCUT2D eigenvalue weighted by Crippen LogP contribution is -2.37. The Balaban J connectivity index is 1.74. The van der Waals surface area contributed by atoms with Crippen molar-refractivity contribution in [3.8, 4) is 0 Å². The topological polar surface area (TPSA) is 64.4 Å². The van der Waals surface area contributed by atoms with Crippen molar-refractivity contribution in [3.05, 3.63) is 60.2 Å². The molecule has 0 atom stereocenters. The minimum absolute atomic E-state index is 0.0414. The molecule has 1 saturated heterocycles. The van der Waals surface area contributed by atoms with Crippen LogP contribution in [0.15, 0.2) is 53.4 Å². The van der Waals surface area contributed by atoms with Crippen molar-refractivity contribution in [2.24, 2.45) is 0 Å². The molecule has 0 amide bonds. The SMILES string of the molecule is O=S(=O)(c1ccc(F)cc1)n1c(CCN2CCOCC2)nc2ccccc21. The first-order chi connectivity index (χ1) is 13.1. The summed E-state index contributed by atoms with van der Waals surface area (Å²) in [5, 5.41) is 0. The van der Waals surface area contributed by atoms with E-state index in [0.717, 1.165) is 25.2 Å². The van der Waals surface area contributed by atoms with Crippen molar-refractivity contribution in [2.75, 3.05) is 32.8 Å². The molecule has 0 spiro atoms. The van der Waals surface area contributed by atoms with Gasteiger partial charge in [0.05, 0.1) is 29.1 Å². The molecule has 3 aromatic rings. The molecule has 2 aromatic carbocycles. The molecule has 0 N–H and O–H groups in total. The first kappa shape index (κ1) is 18.1. The van der Waals surface area contributed by atoms with Gasteiger partial charge in [0.25, 0.3) is 10.0 Å². The van der Waals surface area contributed by atoms with Crippen molar-refractivity contribution in [1.29, 1.82) is 0 Å². The lowest BCUT2D eigenvalue weighted by molar-refractivity contribution is 0.0382. The van der Waals surface area contributed by atoms with Gasteiger partial charge in [-0.25, -0.2) is 21.8 Å². The van der Waals surface area contributed by atoms with Gasteiger partial charge in [-0.1, -0.05) is 12.1 Å². The van der Waals surface area contributed by atoms with Crippen LogP contribution in [-0.4, -0.2) is 55.1 Å². The summed E-state index contributed by atoms with van der Waals surface area (Å²) in [6.45, 7) is 3.72. The van der Waals surface area contributed by atoms with Gasteiger partial charge in [0, 0.05) is 26.1 Å². The Labute approximate surface area is 157 Å². The van der Waals surface area contributed by atoms with E-state index in [-0.39, 0.29) is 4.90 Å². The molecule has 1 aliphatic heterocycles. The third kappa shape index (κ3) is 3.60. The fraction of sp³-hybridized carbons (Fsp3) is 0.316. The molecular weight excluding hydrogens is 369 g/mol. The normalized spacial score (nSPS) is 16.0. The number of nitrogens with zero attached hydrogens (tertiary/aromatic N) is 3. The summed E-state index contributed by atoms with van der Waals surface area (Å²) in [7, 11) is -3.88. The van der Waals surface area contributed by atoms with Crippen molar-refractivity contribution in [3.63, 3.8) is 0 Å². The lowest BCUT2D eigenvalue weighted by Gasteiger charge is -2.26. The number of benzene rings is 2. The summed E-state index contributed by atoms with van der Waals surface area (Å²) in [5.41, 5.74) is 1.15. The van der Waals surface area contributed by atoms with Gasteiger partial charge in [-0.3, -0.25) is 4.90 Å². The molecule has 1 fully saturated rings. The van der Waals surface area contributed by atoms with Gasteiger partial charge in [0.2, 0.25) is 0 Å². The Morgan fingerprint density at radius 1 is 1.04 bits per heavy atom. The quantitative estimate of drug-likeness (QED) is 0.670. The molecule has 0 saturated carbocycles. The smallest absolute Gasteiger partial charge is 0.269 e. The largest absolute Gasteiger partial charge is 0.379 e. The Hall–Kier alpha value is -2.29. The first-order valence-electron chi connectivity index (χ1n) is 8.83. The van der Waals surface area contributed by atoms with E-state index < -0.39 is 15.8 Å². The summed E-state index contributed by atoms with van der Waals surface area (Å²) < 4.78 is 46.4. The van der Waals surface area contributed by atoms with Gasteiger partial charge in [-0.15, -0.1) is 0 Å². The van der Waals surface area contributed by atoms with E-state index in [0.29, 0.717) is 43.0 Å². The maximum atomic E-state index is 13.3. The van der Waals surface area contributed by atoms with Gasteiger partial charge in [-0.2, -0.15) is 0 Å². The minimum Gasteiger partial charge on any atom is -0.379 e. The second kappa shape index (κ2) is 7.38. The third-order valence-corrected chi connectivity index (χ3v) is 6.45. The summed E-state index contributed by atoms with van der Waals surface area (Å²) in [6, 6.07) is 12.0. The van der Waals surface area contributed by atoms with Gasteiger partial charge in [0.1, 0.15) is 11.6 Å². The number of aromatic nitrogens is 2. The molecular formula is C19H20FN3O3S. The zero-order valence-electron chi connectivity index (χ0n) is 14.7. The average Bonchev–Trinajstić information content (AvgIpc) is 3.07. The van der Waals surface area contributed by atoms with Crippen LogP contribution < -0.4 is 0 Å². The molecule has 142 valence electrons. The zero-order chi connectivity index (χ0) is 18.9. The molecule has 8 heteroatoms. The van der Waals surface area contributed by atoms with E-state index in [2.05, 4.69) is 9.88 Å².